The molecule has 2 aromatic heterocycles. The SMILES string of the molecule is Cc1[nH]c2ccccc2c1C(=O)CSc1n[nH]c(-c2ccccc2F)n1. The van der Waals surface area contributed by atoms with Crippen LogP contribution in [0, 0.1) is 12.7 Å². The number of halogens is 1. The maximum atomic E-state index is 13.8. The Labute approximate surface area is 153 Å². The smallest absolute Gasteiger partial charge is 0.209 e. The first-order chi connectivity index (χ1) is 12.6. The van der Waals surface area contributed by atoms with Crippen LogP contribution >= 0.6 is 11.8 Å². The Bertz CT molecular complexity index is 1100. The van der Waals surface area contributed by atoms with Gasteiger partial charge in [0.1, 0.15) is 5.82 Å². The number of thioether (sulfide) groups is 1. The van der Waals surface area contributed by atoms with Gasteiger partial charge in [-0.25, -0.2) is 9.37 Å². The van der Waals surface area contributed by atoms with Crippen LogP contribution in [0.3, 0.4) is 0 Å². The molecule has 4 aromatic rings. The largest absolute Gasteiger partial charge is 0.358 e. The van der Waals surface area contributed by atoms with Crippen LogP contribution in [0.15, 0.2) is 53.7 Å². The number of Topliss-reactive ketones (excluding diaryl/α,β-unsaturated/α-hetero) is 1. The van der Waals surface area contributed by atoms with Crippen molar-refractivity contribution in [2.24, 2.45) is 0 Å². The summed E-state index contributed by atoms with van der Waals surface area (Å²) in [6.07, 6.45) is 0. The first-order valence-corrected chi connectivity index (χ1v) is 9.02. The van der Waals surface area contributed by atoms with Gasteiger partial charge in [-0.05, 0) is 25.1 Å². The number of benzene rings is 2. The Kier molecular flexibility index (Phi) is 4.30. The number of hydrogen-bond acceptors (Lipinski definition) is 4. The second-order valence-electron chi connectivity index (χ2n) is 5.83. The van der Waals surface area contributed by atoms with E-state index in [1.807, 2.05) is 31.2 Å². The topological polar surface area (TPSA) is 74.4 Å². The zero-order valence-corrected chi connectivity index (χ0v) is 14.7. The van der Waals surface area contributed by atoms with Crippen LogP contribution in [0.2, 0.25) is 0 Å². The van der Waals surface area contributed by atoms with E-state index in [0.717, 1.165) is 16.6 Å². The minimum Gasteiger partial charge on any atom is -0.358 e. The monoisotopic (exact) mass is 366 g/mol. The Balaban J connectivity index is 1.52. The minimum absolute atomic E-state index is 0.00203. The molecule has 0 bridgehead atoms. The number of para-hydroxylation sites is 1. The summed E-state index contributed by atoms with van der Waals surface area (Å²) in [7, 11) is 0. The fourth-order valence-electron chi connectivity index (χ4n) is 2.92. The van der Waals surface area contributed by atoms with Gasteiger partial charge < -0.3 is 4.98 Å². The number of hydrogen-bond donors (Lipinski definition) is 2. The van der Waals surface area contributed by atoms with Crippen molar-refractivity contribution < 1.29 is 9.18 Å². The van der Waals surface area contributed by atoms with Gasteiger partial charge in [0.2, 0.25) is 5.16 Å². The van der Waals surface area contributed by atoms with Gasteiger partial charge in [0.25, 0.3) is 0 Å². The predicted octanol–water partition coefficient (Wildman–Crippen LogP) is 4.38. The van der Waals surface area contributed by atoms with Gasteiger partial charge in [0.15, 0.2) is 11.6 Å². The number of H-pyrrole nitrogens is 2. The number of carbonyl (C=O) groups is 1. The number of carbonyl (C=O) groups excluding carboxylic acids is 1. The molecule has 2 heterocycles. The molecule has 0 aliphatic carbocycles. The lowest BCUT2D eigenvalue weighted by Crippen LogP contribution is -2.03. The van der Waals surface area contributed by atoms with E-state index in [-0.39, 0.29) is 17.4 Å². The van der Waals surface area contributed by atoms with Gasteiger partial charge in [0.05, 0.1) is 11.3 Å². The van der Waals surface area contributed by atoms with E-state index >= 15 is 0 Å². The van der Waals surface area contributed by atoms with Crippen LogP contribution in [0.5, 0.6) is 0 Å². The van der Waals surface area contributed by atoms with E-state index in [1.54, 1.807) is 18.2 Å². The van der Waals surface area contributed by atoms with Crippen molar-refractivity contribution in [1.29, 1.82) is 0 Å². The number of rotatable bonds is 5. The number of ketones is 1. The minimum atomic E-state index is -0.370. The first-order valence-electron chi connectivity index (χ1n) is 8.04. The number of nitrogens with one attached hydrogen (secondary N) is 2. The molecule has 7 heteroatoms. The highest BCUT2D eigenvalue weighted by Crippen LogP contribution is 2.26. The number of aromatic amines is 2. The molecule has 0 saturated carbocycles. The third-order valence-electron chi connectivity index (χ3n) is 4.10. The molecule has 0 atom stereocenters. The molecule has 0 unspecified atom stereocenters. The highest BCUT2D eigenvalue weighted by molar-refractivity contribution is 7.99. The molecular weight excluding hydrogens is 351 g/mol. The molecule has 2 aromatic carbocycles. The number of aromatic nitrogens is 4. The van der Waals surface area contributed by atoms with Gasteiger partial charge in [-0.2, -0.15) is 0 Å². The van der Waals surface area contributed by atoms with E-state index in [1.165, 1.54) is 17.8 Å². The second-order valence-corrected chi connectivity index (χ2v) is 6.77. The molecule has 2 N–H and O–H groups in total. The maximum Gasteiger partial charge on any atom is 0.209 e. The normalized spacial score (nSPS) is 11.2. The van der Waals surface area contributed by atoms with Crippen LogP contribution < -0.4 is 0 Å². The van der Waals surface area contributed by atoms with Crippen molar-refractivity contribution in [3.8, 4) is 11.4 Å². The van der Waals surface area contributed by atoms with Gasteiger partial charge in [-0.1, -0.05) is 42.1 Å². The molecule has 0 amide bonds. The Morgan fingerprint density at radius 1 is 1.15 bits per heavy atom. The van der Waals surface area contributed by atoms with Crippen molar-refractivity contribution in [2.45, 2.75) is 12.1 Å². The van der Waals surface area contributed by atoms with Crippen molar-refractivity contribution >= 4 is 28.4 Å². The molecule has 5 nitrogen and oxygen atoms in total. The van der Waals surface area contributed by atoms with E-state index in [4.69, 9.17) is 0 Å². The average molecular weight is 366 g/mol. The molecule has 0 radical (unpaired) electrons. The molecule has 4 rings (SSSR count). The maximum absolute atomic E-state index is 13.8. The first kappa shape index (κ1) is 16.5. The van der Waals surface area contributed by atoms with Crippen LogP contribution in [0.25, 0.3) is 22.3 Å². The molecular formula is C19H15FN4OS. The van der Waals surface area contributed by atoms with Crippen LogP contribution in [0.1, 0.15) is 16.1 Å². The quantitative estimate of drug-likeness (QED) is 0.406. The molecule has 0 aliphatic heterocycles. The third kappa shape index (κ3) is 3.01. The number of nitrogens with zero attached hydrogens (tertiary/aromatic N) is 2. The number of aryl methyl sites for hydroxylation is 1. The molecule has 0 aliphatic rings. The van der Waals surface area contributed by atoms with Crippen LogP contribution in [-0.4, -0.2) is 31.7 Å². The zero-order valence-electron chi connectivity index (χ0n) is 13.9. The predicted molar refractivity (Wildman–Crippen MR) is 99.9 cm³/mol. The lowest BCUT2D eigenvalue weighted by Gasteiger charge is -1.99. The summed E-state index contributed by atoms with van der Waals surface area (Å²) >= 11 is 1.23. The van der Waals surface area contributed by atoms with E-state index in [2.05, 4.69) is 20.2 Å². The summed E-state index contributed by atoms with van der Waals surface area (Å²) in [4.78, 5) is 20.2. The van der Waals surface area contributed by atoms with Crippen molar-refractivity contribution in [1.82, 2.24) is 20.2 Å². The molecule has 0 fully saturated rings. The van der Waals surface area contributed by atoms with Crippen molar-refractivity contribution in [3.63, 3.8) is 0 Å². The fourth-order valence-corrected chi connectivity index (χ4v) is 3.59. The van der Waals surface area contributed by atoms with E-state index in [0.29, 0.717) is 22.1 Å². The zero-order chi connectivity index (χ0) is 18.1. The standard InChI is InChI=1S/C19H15FN4OS/c1-11-17(13-7-3-5-9-15(13)21-11)16(25)10-26-19-22-18(23-24-19)12-6-2-4-8-14(12)20/h2-9,21H,10H2,1H3,(H,22,23,24). The van der Waals surface area contributed by atoms with Crippen LogP contribution in [0.4, 0.5) is 4.39 Å². The van der Waals surface area contributed by atoms with Crippen LogP contribution in [-0.2, 0) is 0 Å². The Hall–Kier alpha value is -2.93. The van der Waals surface area contributed by atoms with Gasteiger partial charge in [-0.3, -0.25) is 9.89 Å². The van der Waals surface area contributed by atoms with Gasteiger partial charge in [-0.15, -0.1) is 5.10 Å². The molecule has 26 heavy (non-hydrogen) atoms. The van der Waals surface area contributed by atoms with Gasteiger partial charge >= 0.3 is 0 Å². The Morgan fingerprint density at radius 3 is 2.77 bits per heavy atom. The highest BCUT2D eigenvalue weighted by atomic mass is 32.2. The fraction of sp³-hybridized carbons (Fsp3) is 0.105. The summed E-state index contributed by atoms with van der Waals surface area (Å²) in [5, 5.41) is 8.12. The summed E-state index contributed by atoms with van der Waals surface area (Å²) < 4.78 is 13.8. The summed E-state index contributed by atoms with van der Waals surface area (Å²) in [6.45, 7) is 1.89. The van der Waals surface area contributed by atoms with Crippen molar-refractivity contribution in [3.05, 3.63) is 65.6 Å². The second kappa shape index (κ2) is 6.76. The summed E-state index contributed by atoms with van der Waals surface area (Å²) in [5.41, 5.74) is 2.83. The molecule has 130 valence electrons. The lowest BCUT2D eigenvalue weighted by atomic mass is 10.1. The lowest BCUT2D eigenvalue weighted by molar-refractivity contribution is 0.102. The average Bonchev–Trinajstić information content (AvgIpc) is 3.23. The summed E-state index contributed by atoms with van der Waals surface area (Å²) in [6, 6.07) is 14.1. The van der Waals surface area contributed by atoms with E-state index < -0.39 is 0 Å². The summed E-state index contributed by atoms with van der Waals surface area (Å²) in [5.74, 6) is 0.186. The third-order valence-corrected chi connectivity index (χ3v) is 4.95. The highest BCUT2D eigenvalue weighted by Gasteiger charge is 2.17. The molecule has 0 saturated heterocycles. The molecule has 0 spiro atoms. The van der Waals surface area contributed by atoms with Gasteiger partial charge in [0, 0.05) is 22.2 Å². The van der Waals surface area contributed by atoms with Crippen molar-refractivity contribution in [2.75, 3.05) is 5.75 Å². The Morgan fingerprint density at radius 2 is 1.92 bits per heavy atom. The number of fused-ring (bicyclic) bond motifs is 1. The van der Waals surface area contributed by atoms with E-state index in [9.17, 15) is 9.18 Å².